The fourth-order valence-electron chi connectivity index (χ4n) is 12.7. The fraction of sp³-hybridized carbons (Fsp3) is 0.471. The van der Waals surface area contributed by atoms with Crippen molar-refractivity contribution >= 4 is 75.4 Å². The highest BCUT2D eigenvalue weighted by Gasteiger charge is 2.35. The predicted molar refractivity (Wildman–Crippen MR) is 510 cm³/mol. The van der Waals surface area contributed by atoms with Crippen LogP contribution in [0.1, 0.15) is 298 Å². The summed E-state index contributed by atoms with van der Waals surface area (Å²) >= 11 is 0. The molecular formula is C102H141N5O21. The molecule has 1 amide bonds. The van der Waals surface area contributed by atoms with Crippen LogP contribution in [0.2, 0.25) is 0 Å². The summed E-state index contributed by atoms with van der Waals surface area (Å²) in [7, 11) is 5.02. The molecule has 7 N–H and O–H groups in total. The molecule has 0 spiro atoms. The number of para-hydroxylation sites is 2. The highest BCUT2D eigenvalue weighted by Crippen LogP contribution is 2.45. The Bertz CT molecular complexity index is 5490. The number of fused-ring (bicyclic) bond motifs is 2. The van der Waals surface area contributed by atoms with Gasteiger partial charge in [0.1, 0.15) is 39.9 Å². The van der Waals surface area contributed by atoms with E-state index in [0.717, 1.165) is 46.6 Å². The number of ether oxygens (including phenoxy) is 9. The lowest BCUT2D eigenvalue weighted by atomic mass is 9.79. The molecule has 0 radical (unpaired) electrons. The maximum absolute atomic E-state index is 13.2. The number of carbonyl (C=O) groups excluding carboxylic acids is 5. The van der Waals surface area contributed by atoms with Crippen LogP contribution in [0, 0.1) is 10.1 Å². The monoisotopic (exact) mass is 1770 g/mol. The van der Waals surface area contributed by atoms with Crippen LogP contribution in [0.5, 0.6) is 28.7 Å². The van der Waals surface area contributed by atoms with Gasteiger partial charge in [0, 0.05) is 98.7 Å². The van der Waals surface area contributed by atoms with Crippen LogP contribution < -0.4 is 40.9 Å². The Kier molecular flexibility index (Phi) is 38.4. The van der Waals surface area contributed by atoms with Gasteiger partial charge in [-0.05, 0) is 150 Å². The molecule has 0 atom stereocenters. The average Bonchev–Trinajstić information content (AvgIpc) is 0.792. The highest BCUT2D eigenvalue weighted by atomic mass is 16.7. The van der Waals surface area contributed by atoms with Gasteiger partial charge in [0.2, 0.25) is 10.9 Å². The minimum Gasteiger partial charge on any atom is -0.508 e. The summed E-state index contributed by atoms with van der Waals surface area (Å²) in [5.41, 5.74) is 15.1. The number of aromatic hydroxyl groups is 1. The number of benzene rings is 7. The molecule has 0 fully saturated rings. The van der Waals surface area contributed by atoms with Crippen molar-refractivity contribution < 1.29 is 86.5 Å². The number of aromatic amines is 2. The first-order valence-corrected chi connectivity index (χ1v) is 42.3. The summed E-state index contributed by atoms with van der Waals surface area (Å²) in [5, 5.41) is 33.6. The second kappa shape index (κ2) is 44.6. The summed E-state index contributed by atoms with van der Waals surface area (Å²) < 4.78 is 44.1. The van der Waals surface area contributed by atoms with Crippen LogP contribution in [0.25, 0.3) is 21.8 Å². The van der Waals surface area contributed by atoms with E-state index in [2.05, 4.69) is 171 Å². The number of nitrogens with one attached hydrogen (secondary N) is 3. The smallest absolute Gasteiger partial charge is 0.508 e. The second-order valence-electron chi connectivity index (χ2n) is 40.8. The predicted octanol–water partition coefficient (Wildman–Crippen LogP) is 24.5. The maximum atomic E-state index is 13.2. The van der Waals surface area contributed by atoms with Crippen molar-refractivity contribution in [3.63, 3.8) is 0 Å². The third kappa shape index (κ3) is 32.4. The maximum Gasteiger partial charge on any atom is 0.513 e. The van der Waals surface area contributed by atoms with Crippen LogP contribution >= 0.6 is 0 Å². The number of amides is 1. The van der Waals surface area contributed by atoms with Crippen molar-refractivity contribution in [2.75, 3.05) is 52.7 Å². The summed E-state index contributed by atoms with van der Waals surface area (Å²) in [6.07, 6.45) is -0.554. The molecular weight excluding hydrogens is 1630 g/mol. The van der Waals surface area contributed by atoms with Crippen LogP contribution in [0.3, 0.4) is 0 Å². The first kappa shape index (κ1) is 110. The number of carboxylic acid groups (broad SMARTS) is 1. The Morgan fingerprint density at radius 2 is 0.711 bits per heavy atom. The van der Waals surface area contributed by atoms with Gasteiger partial charge in [-0.25, -0.2) is 24.0 Å². The number of nitro benzene ring substituents is 1. The van der Waals surface area contributed by atoms with Gasteiger partial charge in [-0.2, -0.15) is 0 Å². The van der Waals surface area contributed by atoms with E-state index in [4.69, 9.17) is 34.5 Å². The van der Waals surface area contributed by atoms with E-state index < -0.39 is 52.3 Å². The number of carbonyl (C=O) groups is 6. The van der Waals surface area contributed by atoms with Crippen molar-refractivity contribution in [1.82, 2.24) is 9.97 Å². The van der Waals surface area contributed by atoms with Crippen molar-refractivity contribution in [1.29, 1.82) is 0 Å². The number of pyridine rings is 2. The minimum atomic E-state index is -1.21. The minimum absolute atomic E-state index is 0.00859. The topological polar surface area (TPSA) is 373 Å². The Balaban J connectivity index is 0.000000401. The molecule has 700 valence electrons. The molecule has 7 aromatic carbocycles. The first-order valence-electron chi connectivity index (χ1n) is 42.3. The van der Waals surface area contributed by atoms with Crippen molar-refractivity contribution in [3.8, 4) is 28.7 Å². The number of phenolic OH excluding ortho intramolecular Hbond substituents is 1. The third-order valence-corrected chi connectivity index (χ3v) is 19.9. The number of nitrogens with two attached hydrogens (primary N) is 1. The summed E-state index contributed by atoms with van der Waals surface area (Å²) in [6, 6.07) is 36.0. The van der Waals surface area contributed by atoms with Crippen molar-refractivity contribution in [2.24, 2.45) is 0 Å². The average molecular weight is 1770 g/mol. The Labute approximate surface area is 756 Å². The van der Waals surface area contributed by atoms with Gasteiger partial charge >= 0.3 is 30.6 Å². The molecule has 0 aliphatic rings. The number of phenols is 1. The lowest BCUT2D eigenvalue weighted by molar-refractivity contribution is -0.386. The standard InChI is InChI=1S/C26H30N2O5.C16H23NO5.C16H25NO3.C16H24O3.C14H22O.C10H7NO3.C4H10O/c1-25(2,3)17-12-18(26(4,5)6)21(33-24(31)32-7)13-20(17)28-23(30)16-14-27-19-11-9-8-10-15(19)22(16)29;1-15(2,3)10-8-11(16(4,5)6)13(22-14(18)21-7)9-12(10)17(19)20;1-15(2,3)10-8-11(16(4,5)6)13(9-12(10)17)20-14(18)19-7;1-15(2,3)11-8-9-13(19-14(17)18-7)12(10-11)16(4,5)6;1-13(2,3)10-7-8-12(15)11(9-10)14(4,5)6;12-9-6-3-1-2-4-8(6)11-5-7(9)10(13)14;1-3-5-4-2/h8-14H,1-7H3,(H,27,29)(H,28,30);8-9H,1-7H3;8-9H,17H2,1-7H3;8-10H,1-7H3;7-9,15H,1-6H3;1-5H,(H,11,12)(H,13,14);3-4H2,1-2H3. The number of aromatic carboxylic acids is 1. The fourth-order valence-corrected chi connectivity index (χ4v) is 12.7. The number of nitrogen functional groups attached to an aromatic ring is 1. The number of rotatable bonds is 10. The number of H-pyrrole nitrogens is 2. The van der Waals surface area contributed by atoms with Gasteiger partial charge in [0.05, 0.1) is 39.4 Å². The highest BCUT2D eigenvalue weighted by molar-refractivity contribution is 6.06. The summed E-state index contributed by atoms with van der Waals surface area (Å²) in [6.45, 7) is 67.5. The van der Waals surface area contributed by atoms with E-state index in [0.29, 0.717) is 61.6 Å². The van der Waals surface area contributed by atoms with Gasteiger partial charge in [0.25, 0.3) is 11.6 Å². The lowest BCUT2D eigenvalue weighted by Crippen LogP contribution is -2.25. The van der Waals surface area contributed by atoms with E-state index in [1.807, 2.05) is 133 Å². The Morgan fingerprint density at radius 1 is 0.391 bits per heavy atom. The molecule has 26 nitrogen and oxygen atoms in total. The molecule has 0 saturated heterocycles. The summed E-state index contributed by atoms with van der Waals surface area (Å²) in [4.78, 5) is 111. The molecule has 2 heterocycles. The van der Waals surface area contributed by atoms with Crippen LogP contribution in [0.15, 0.2) is 143 Å². The van der Waals surface area contributed by atoms with Crippen LogP contribution in [0.4, 0.5) is 36.2 Å². The molecule has 0 aliphatic heterocycles. The number of methoxy groups -OCH3 is 4. The largest absolute Gasteiger partial charge is 0.513 e. The van der Waals surface area contributed by atoms with Gasteiger partial charge in [-0.3, -0.25) is 24.5 Å². The van der Waals surface area contributed by atoms with E-state index in [9.17, 15) is 53.6 Å². The molecule has 9 aromatic rings. The summed E-state index contributed by atoms with van der Waals surface area (Å²) in [5.74, 6) is 0.0823. The van der Waals surface area contributed by atoms with E-state index >= 15 is 0 Å². The SMILES string of the molecule is CC(C)(C)c1ccc(O)c(C(C)(C)C)c1.CCOCC.COC(=O)Oc1cc(N)c(C(C)(C)C)cc1C(C)(C)C.COC(=O)Oc1cc(NC(=O)c2c[nH]c3ccccc3c2=O)c(C(C)(C)C)cc1C(C)(C)C.COC(=O)Oc1cc([N+](=O)[O-])c(C(C)(C)C)cc1C(C)(C)C.COC(=O)Oc1ccc(C(C)(C)C)cc1C(C)(C)C.O=C(O)c1c[nH]c2ccccc2c1=O. The lowest BCUT2D eigenvalue weighted by Gasteiger charge is -2.29. The van der Waals surface area contributed by atoms with E-state index in [-0.39, 0.29) is 82.5 Å². The van der Waals surface area contributed by atoms with Gasteiger partial charge in [-0.15, -0.1) is 0 Å². The molecule has 0 aliphatic carbocycles. The Hall–Kier alpha value is -12.1. The molecule has 26 heteroatoms. The zero-order valence-corrected chi connectivity index (χ0v) is 82.3. The Morgan fingerprint density at radius 3 is 1.06 bits per heavy atom. The molecule has 0 unspecified atom stereocenters. The molecule has 2 aromatic heterocycles. The van der Waals surface area contributed by atoms with Crippen LogP contribution in [-0.4, -0.2) is 103 Å². The number of anilines is 2. The number of carboxylic acids is 1. The second-order valence-corrected chi connectivity index (χ2v) is 40.8. The first-order chi connectivity index (χ1) is 58.4. The number of hydrogen-bond acceptors (Lipinski definition) is 21. The zero-order chi connectivity index (χ0) is 98.5. The molecule has 128 heavy (non-hydrogen) atoms. The number of nitrogens with zero attached hydrogens (tertiary/aromatic N) is 1. The normalized spacial score (nSPS) is 11.8. The van der Waals surface area contributed by atoms with E-state index in [1.54, 1.807) is 66.7 Å². The van der Waals surface area contributed by atoms with Crippen molar-refractivity contribution in [3.05, 3.63) is 231 Å². The van der Waals surface area contributed by atoms with Gasteiger partial charge in [0.15, 0.2) is 0 Å². The number of aromatic nitrogens is 2. The molecule has 9 rings (SSSR count). The zero-order valence-electron chi connectivity index (χ0n) is 82.3. The number of hydrogen-bond donors (Lipinski definition) is 6. The van der Waals surface area contributed by atoms with Crippen LogP contribution in [-0.2, 0) is 77.8 Å². The van der Waals surface area contributed by atoms with E-state index in [1.165, 1.54) is 58.0 Å². The van der Waals surface area contributed by atoms with Gasteiger partial charge < -0.3 is 73.9 Å². The third-order valence-electron chi connectivity index (χ3n) is 19.9. The number of nitro groups is 1. The quantitative estimate of drug-likeness (QED) is 0.0185. The van der Waals surface area contributed by atoms with Gasteiger partial charge in [-0.1, -0.05) is 256 Å². The van der Waals surface area contributed by atoms with Crippen molar-refractivity contribution in [2.45, 2.75) is 276 Å². The molecule has 0 bridgehead atoms. The molecule has 0 saturated carbocycles.